The molecule has 0 fully saturated rings. The number of anilines is 1. The van der Waals surface area contributed by atoms with Crippen molar-refractivity contribution in [2.24, 2.45) is 0 Å². The fourth-order valence-corrected chi connectivity index (χ4v) is 1.36. The topological polar surface area (TPSA) is 78.9 Å². The minimum Gasteiger partial charge on any atom is -0.382 e. The monoisotopic (exact) mass is 227 g/mol. The van der Waals surface area contributed by atoms with Crippen LogP contribution in [0.3, 0.4) is 0 Å². The first kappa shape index (κ1) is 10.1. The van der Waals surface area contributed by atoms with Crippen molar-refractivity contribution in [2.45, 2.75) is 6.73 Å². The molecule has 2 aromatic rings. The molecule has 6 nitrogen and oxygen atoms in total. The summed E-state index contributed by atoms with van der Waals surface area (Å²) in [5.74, 6) is 0.852. The Morgan fingerprint density at radius 1 is 1.40 bits per heavy atom. The van der Waals surface area contributed by atoms with Gasteiger partial charge in [-0.05, 0) is 0 Å². The number of hydrogen-bond donors (Lipinski definition) is 1. The molecule has 2 aromatic heterocycles. The van der Waals surface area contributed by atoms with Gasteiger partial charge in [-0.15, -0.1) is 11.6 Å². The second-order valence-electron chi connectivity index (χ2n) is 2.87. The molecule has 15 heavy (non-hydrogen) atoms. The molecule has 0 amide bonds. The van der Waals surface area contributed by atoms with Crippen LogP contribution in [0.5, 0.6) is 0 Å². The number of hydrogen-bond acceptors (Lipinski definition) is 5. The summed E-state index contributed by atoms with van der Waals surface area (Å²) < 4.78 is 7.02. The number of fused-ring (bicyclic) bond motifs is 1. The maximum Gasteiger partial charge on any atom is 0.183 e. The van der Waals surface area contributed by atoms with Gasteiger partial charge in [-0.1, -0.05) is 0 Å². The summed E-state index contributed by atoms with van der Waals surface area (Å²) in [6, 6.07) is 0. The summed E-state index contributed by atoms with van der Waals surface area (Å²) >= 11 is 5.49. The van der Waals surface area contributed by atoms with E-state index in [4.69, 9.17) is 22.1 Å². The van der Waals surface area contributed by atoms with Gasteiger partial charge < -0.3 is 15.0 Å². The van der Waals surface area contributed by atoms with Crippen molar-refractivity contribution in [3.63, 3.8) is 0 Å². The lowest BCUT2D eigenvalue weighted by Gasteiger charge is -2.04. The lowest BCUT2D eigenvalue weighted by atomic mass is 10.5. The zero-order valence-electron chi connectivity index (χ0n) is 7.93. The average Bonchev–Trinajstić information content (AvgIpc) is 2.63. The first-order valence-electron chi connectivity index (χ1n) is 4.38. The molecule has 0 aliphatic heterocycles. The van der Waals surface area contributed by atoms with Crippen LogP contribution >= 0.6 is 11.6 Å². The minimum absolute atomic E-state index is 0.348. The second kappa shape index (κ2) is 4.41. The predicted octanol–water partition coefficient (Wildman–Crippen LogP) is 0.621. The fraction of sp³-hybridized carbons (Fsp3) is 0.375. The van der Waals surface area contributed by atoms with Crippen LogP contribution in [0.2, 0.25) is 0 Å². The van der Waals surface area contributed by atoms with Crippen molar-refractivity contribution < 1.29 is 4.74 Å². The highest BCUT2D eigenvalue weighted by Gasteiger charge is 2.07. The lowest BCUT2D eigenvalue weighted by molar-refractivity contribution is 0.0920. The highest BCUT2D eigenvalue weighted by atomic mass is 35.5. The second-order valence-corrected chi connectivity index (χ2v) is 3.25. The third-order valence-electron chi connectivity index (χ3n) is 1.89. The van der Waals surface area contributed by atoms with Crippen LogP contribution < -0.4 is 5.73 Å². The number of nitrogen functional groups attached to an aromatic ring is 1. The van der Waals surface area contributed by atoms with Gasteiger partial charge in [0, 0.05) is 5.88 Å². The van der Waals surface area contributed by atoms with E-state index in [2.05, 4.69) is 15.0 Å². The van der Waals surface area contributed by atoms with E-state index < -0.39 is 0 Å². The largest absolute Gasteiger partial charge is 0.382 e. The molecule has 0 aliphatic carbocycles. The lowest BCUT2D eigenvalue weighted by Crippen LogP contribution is -2.05. The summed E-state index contributed by atoms with van der Waals surface area (Å²) in [4.78, 5) is 12.0. The van der Waals surface area contributed by atoms with E-state index in [1.807, 2.05) is 0 Å². The smallest absolute Gasteiger partial charge is 0.183 e. The molecule has 0 bridgehead atoms. The van der Waals surface area contributed by atoms with Crippen LogP contribution in [0.4, 0.5) is 5.82 Å². The van der Waals surface area contributed by atoms with E-state index in [0.717, 1.165) is 0 Å². The van der Waals surface area contributed by atoms with Crippen molar-refractivity contribution in [1.82, 2.24) is 19.5 Å². The molecule has 0 saturated heterocycles. The molecule has 2 N–H and O–H groups in total. The maximum atomic E-state index is 5.71. The summed E-state index contributed by atoms with van der Waals surface area (Å²) in [7, 11) is 0. The molecule has 0 aliphatic rings. The molecular formula is C8H10ClN5O. The van der Waals surface area contributed by atoms with Crippen LogP contribution in [-0.2, 0) is 11.5 Å². The van der Waals surface area contributed by atoms with Crippen LogP contribution in [-0.4, -0.2) is 32.0 Å². The Balaban J connectivity index is 2.27. The predicted molar refractivity (Wildman–Crippen MR) is 56.4 cm³/mol. The number of rotatable bonds is 4. The standard InChI is InChI=1S/C8H10ClN5O/c9-1-2-15-5-14-4-13-8-6(14)7(10)11-3-12-8/h3-4H,1-2,5H2,(H2,10,11,12). The number of aromatic nitrogens is 4. The van der Waals surface area contributed by atoms with E-state index in [0.29, 0.717) is 36.2 Å². The van der Waals surface area contributed by atoms with Gasteiger partial charge >= 0.3 is 0 Å². The Kier molecular flexibility index (Phi) is 2.98. The van der Waals surface area contributed by atoms with Gasteiger partial charge in [0.15, 0.2) is 11.5 Å². The van der Waals surface area contributed by atoms with Gasteiger partial charge in [0.2, 0.25) is 0 Å². The maximum absolute atomic E-state index is 5.71. The van der Waals surface area contributed by atoms with E-state index in [9.17, 15) is 0 Å². The molecule has 2 heterocycles. The van der Waals surface area contributed by atoms with Crippen LogP contribution in [0.15, 0.2) is 12.7 Å². The van der Waals surface area contributed by atoms with Crippen LogP contribution in [0.25, 0.3) is 11.2 Å². The SMILES string of the molecule is Nc1ncnc2ncn(COCCCl)c12. The number of imidazole rings is 1. The van der Waals surface area contributed by atoms with Gasteiger partial charge in [-0.25, -0.2) is 15.0 Å². The molecular weight excluding hydrogens is 218 g/mol. The highest BCUT2D eigenvalue weighted by molar-refractivity contribution is 6.17. The van der Waals surface area contributed by atoms with Gasteiger partial charge in [0.05, 0.1) is 12.9 Å². The Hall–Kier alpha value is -1.40. The number of ether oxygens (including phenoxy) is 1. The highest BCUT2D eigenvalue weighted by Crippen LogP contribution is 2.14. The van der Waals surface area contributed by atoms with E-state index in [1.54, 1.807) is 10.9 Å². The summed E-state index contributed by atoms with van der Waals surface area (Å²) in [6.07, 6.45) is 3.00. The first-order valence-corrected chi connectivity index (χ1v) is 4.91. The average molecular weight is 228 g/mol. The van der Waals surface area contributed by atoms with E-state index in [-0.39, 0.29) is 0 Å². The molecule has 0 atom stereocenters. The Morgan fingerprint density at radius 3 is 3.07 bits per heavy atom. The minimum atomic E-state index is 0.348. The van der Waals surface area contributed by atoms with Crippen LogP contribution in [0.1, 0.15) is 0 Å². The quantitative estimate of drug-likeness (QED) is 0.612. The molecule has 80 valence electrons. The molecule has 2 rings (SSSR count). The first-order chi connectivity index (χ1) is 7.33. The van der Waals surface area contributed by atoms with E-state index in [1.165, 1.54) is 6.33 Å². The van der Waals surface area contributed by atoms with Crippen molar-refractivity contribution in [2.75, 3.05) is 18.2 Å². The fourth-order valence-electron chi connectivity index (χ4n) is 1.25. The zero-order chi connectivity index (χ0) is 10.7. The third kappa shape index (κ3) is 2.00. The Bertz CT molecular complexity index is 457. The normalized spacial score (nSPS) is 11.0. The molecule has 0 radical (unpaired) electrons. The number of alkyl halides is 1. The molecule has 0 saturated carbocycles. The van der Waals surface area contributed by atoms with Gasteiger partial charge in [-0.3, -0.25) is 0 Å². The number of nitrogens with two attached hydrogens (primary N) is 1. The number of nitrogens with zero attached hydrogens (tertiary/aromatic N) is 4. The molecule has 0 unspecified atom stereocenters. The van der Waals surface area contributed by atoms with Crippen molar-refractivity contribution >= 4 is 28.6 Å². The summed E-state index contributed by atoms with van der Waals surface area (Å²) in [5.41, 5.74) is 6.97. The van der Waals surface area contributed by atoms with Crippen LogP contribution in [0, 0.1) is 0 Å². The Labute approximate surface area is 91.0 Å². The van der Waals surface area contributed by atoms with Crippen molar-refractivity contribution in [3.05, 3.63) is 12.7 Å². The molecule has 0 aromatic carbocycles. The van der Waals surface area contributed by atoms with Gasteiger partial charge in [-0.2, -0.15) is 0 Å². The van der Waals surface area contributed by atoms with Gasteiger partial charge in [0.1, 0.15) is 18.6 Å². The third-order valence-corrected chi connectivity index (χ3v) is 2.04. The zero-order valence-corrected chi connectivity index (χ0v) is 8.68. The molecule has 0 spiro atoms. The summed E-state index contributed by atoms with van der Waals surface area (Å²) in [6.45, 7) is 0.829. The van der Waals surface area contributed by atoms with Crippen molar-refractivity contribution in [1.29, 1.82) is 0 Å². The Morgan fingerprint density at radius 2 is 2.27 bits per heavy atom. The molecule has 7 heteroatoms. The summed E-state index contributed by atoms with van der Waals surface area (Å²) in [5, 5.41) is 0. The van der Waals surface area contributed by atoms with Gasteiger partial charge in [0.25, 0.3) is 0 Å². The van der Waals surface area contributed by atoms with Crippen molar-refractivity contribution in [3.8, 4) is 0 Å². The van der Waals surface area contributed by atoms with E-state index >= 15 is 0 Å². The number of halogens is 1.